The highest BCUT2D eigenvalue weighted by Gasteiger charge is 2.18. The molecule has 4 nitrogen and oxygen atoms in total. The second kappa shape index (κ2) is 4.01. The molecule has 4 heteroatoms. The maximum atomic E-state index is 9.40. The van der Waals surface area contributed by atoms with Crippen LogP contribution < -0.4 is 5.32 Å². The molecule has 0 aromatic rings. The van der Waals surface area contributed by atoms with Crippen molar-refractivity contribution in [2.45, 2.75) is 32.7 Å². The zero-order valence-electron chi connectivity index (χ0n) is 7.63. The summed E-state index contributed by atoms with van der Waals surface area (Å²) in [7, 11) is 1.77. The lowest BCUT2D eigenvalue weighted by molar-refractivity contribution is -0.0722. The normalized spacial score (nSPS) is 15.5. The number of rotatable bonds is 4. The van der Waals surface area contributed by atoms with Gasteiger partial charge < -0.3 is 10.2 Å². The monoisotopic (exact) mass is 162 g/mol. The van der Waals surface area contributed by atoms with E-state index in [0.29, 0.717) is 6.67 Å². The molecule has 0 aliphatic rings. The van der Waals surface area contributed by atoms with Crippen molar-refractivity contribution in [1.29, 1.82) is 0 Å². The van der Waals surface area contributed by atoms with Gasteiger partial charge in [0.15, 0.2) is 0 Å². The summed E-state index contributed by atoms with van der Waals surface area (Å²) in [6, 6.07) is 0. The molecule has 3 N–H and O–H groups in total. The Hall–Kier alpha value is -0.160. The summed E-state index contributed by atoms with van der Waals surface area (Å²) < 4.78 is 0. The van der Waals surface area contributed by atoms with E-state index in [2.05, 4.69) is 5.32 Å². The van der Waals surface area contributed by atoms with Gasteiger partial charge in [0.2, 0.25) is 0 Å². The minimum Gasteiger partial charge on any atom is -0.379 e. The van der Waals surface area contributed by atoms with E-state index in [-0.39, 0.29) is 0 Å². The first kappa shape index (κ1) is 10.8. The third kappa shape index (κ3) is 5.15. The van der Waals surface area contributed by atoms with E-state index in [1.165, 1.54) is 0 Å². The van der Waals surface area contributed by atoms with Gasteiger partial charge in [-0.05, 0) is 27.8 Å². The number of aliphatic hydroxyl groups is 2. The Morgan fingerprint density at radius 2 is 2.00 bits per heavy atom. The second-order valence-electron chi connectivity index (χ2n) is 3.23. The standard InChI is InChI=1S/C7H18N2O2/c1-6(10)8-5-9(4)7(2,3)11/h6,8,10-11H,5H2,1-4H3. The van der Waals surface area contributed by atoms with Crippen LogP contribution in [0.1, 0.15) is 20.8 Å². The summed E-state index contributed by atoms with van der Waals surface area (Å²) >= 11 is 0. The Kier molecular flexibility index (Phi) is 3.96. The molecule has 11 heavy (non-hydrogen) atoms. The molecule has 68 valence electrons. The van der Waals surface area contributed by atoms with Crippen molar-refractivity contribution < 1.29 is 10.2 Å². The van der Waals surface area contributed by atoms with Gasteiger partial charge in [-0.3, -0.25) is 10.2 Å². The van der Waals surface area contributed by atoms with Gasteiger partial charge in [-0.25, -0.2) is 0 Å². The van der Waals surface area contributed by atoms with Gasteiger partial charge in [0, 0.05) is 0 Å². The molecule has 0 spiro atoms. The highest BCUT2D eigenvalue weighted by molar-refractivity contribution is 4.63. The first-order valence-electron chi connectivity index (χ1n) is 3.69. The molecular formula is C7H18N2O2. The number of aliphatic hydroxyl groups excluding tert-OH is 1. The summed E-state index contributed by atoms with van der Waals surface area (Å²) in [5.74, 6) is 0. The molecule has 0 radical (unpaired) electrons. The molecule has 0 aromatic heterocycles. The third-order valence-corrected chi connectivity index (χ3v) is 1.56. The fourth-order valence-electron chi connectivity index (χ4n) is 0.463. The minimum atomic E-state index is -0.845. The van der Waals surface area contributed by atoms with Crippen LogP contribution in [0.15, 0.2) is 0 Å². The topological polar surface area (TPSA) is 55.7 Å². The van der Waals surface area contributed by atoms with Gasteiger partial charge in [-0.2, -0.15) is 0 Å². The number of hydrogen-bond donors (Lipinski definition) is 3. The van der Waals surface area contributed by atoms with Gasteiger partial charge in [-0.15, -0.1) is 0 Å². The summed E-state index contributed by atoms with van der Waals surface area (Å²) in [4.78, 5) is 1.69. The smallest absolute Gasteiger partial charge is 0.113 e. The SMILES string of the molecule is CC(O)NCN(C)C(C)(C)O. The number of nitrogens with zero attached hydrogens (tertiary/aromatic N) is 1. The maximum absolute atomic E-state index is 9.40. The van der Waals surface area contributed by atoms with E-state index >= 15 is 0 Å². The fourth-order valence-corrected chi connectivity index (χ4v) is 0.463. The highest BCUT2D eigenvalue weighted by atomic mass is 16.3. The van der Waals surface area contributed by atoms with Crippen LogP contribution in [-0.2, 0) is 0 Å². The molecule has 1 unspecified atom stereocenters. The van der Waals surface area contributed by atoms with Gasteiger partial charge in [0.1, 0.15) is 12.0 Å². The van der Waals surface area contributed by atoms with Crippen molar-refractivity contribution in [2.75, 3.05) is 13.7 Å². The molecule has 0 amide bonds. The van der Waals surface area contributed by atoms with Crippen molar-refractivity contribution in [1.82, 2.24) is 10.2 Å². The lowest BCUT2D eigenvalue weighted by atomic mass is 10.3. The van der Waals surface area contributed by atoms with E-state index in [0.717, 1.165) is 0 Å². The largest absolute Gasteiger partial charge is 0.379 e. The average molecular weight is 162 g/mol. The summed E-state index contributed by atoms with van der Waals surface area (Å²) in [5, 5.41) is 21.0. The van der Waals surface area contributed by atoms with E-state index in [9.17, 15) is 5.11 Å². The Balaban J connectivity index is 3.61. The molecule has 0 aliphatic carbocycles. The predicted octanol–water partition coefficient (Wildman–Crippen LogP) is -0.468. The van der Waals surface area contributed by atoms with Crippen molar-refractivity contribution in [3.8, 4) is 0 Å². The van der Waals surface area contributed by atoms with E-state index < -0.39 is 12.0 Å². The molecule has 0 fully saturated rings. The van der Waals surface area contributed by atoms with Crippen molar-refractivity contribution >= 4 is 0 Å². The lowest BCUT2D eigenvalue weighted by Gasteiger charge is -2.30. The molecular weight excluding hydrogens is 144 g/mol. The molecule has 0 rings (SSSR count). The van der Waals surface area contributed by atoms with Crippen molar-refractivity contribution in [3.05, 3.63) is 0 Å². The van der Waals surface area contributed by atoms with Gasteiger partial charge in [0.05, 0.1) is 6.67 Å². The Labute approximate surface area is 67.8 Å². The molecule has 1 atom stereocenters. The zero-order chi connectivity index (χ0) is 9.07. The second-order valence-corrected chi connectivity index (χ2v) is 3.23. The lowest BCUT2D eigenvalue weighted by Crippen LogP contribution is -2.47. The third-order valence-electron chi connectivity index (χ3n) is 1.56. The van der Waals surface area contributed by atoms with Gasteiger partial charge >= 0.3 is 0 Å². The summed E-state index contributed by atoms with van der Waals surface area (Å²) in [6.07, 6.45) is -0.542. The fraction of sp³-hybridized carbons (Fsp3) is 1.00. The van der Waals surface area contributed by atoms with E-state index in [1.807, 2.05) is 0 Å². The van der Waals surface area contributed by atoms with Crippen LogP contribution in [0.3, 0.4) is 0 Å². The quantitative estimate of drug-likeness (QED) is 0.489. The van der Waals surface area contributed by atoms with Crippen LogP contribution >= 0.6 is 0 Å². The molecule has 0 saturated carbocycles. The predicted molar refractivity (Wildman–Crippen MR) is 43.7 cm³/mol. The summed E-state index contributed by atoms with van der Waals surface area (Å²) in [5.41, 5.74) is -0.845. The van der Waals surface area contributed by atoms with Crippen molar-refractivity contribution in [3.63, 3.8) is 0 Å². The maximum Gasteiger partial charge on any atom is 0.113 e. The van der Waals surface area contributed by atoms with Crippen LogP contribution in [0.2, 0.25) is 0 Å². The van der Waals surface area contributed by atoms with Crippen LogP contribution in [-0.4, -0.2) is 40.8 Å². The first-order valence-corrected chi connectivity index (χ1v) is 3.69. The van der Waals surface area contributed by atoms with Gasteiger partial charge in [-0.1, -0.05) is 0 Å². The molecule has 0 heterocycles. The number of nitrogens with one attached hydrogen (secondary N) is 1. The van der Waals surface area contributed by atoms with Crippen molar-refractivity contribution in [2.24, 2.45) is 0 Å². The molecule has 0 bridgehead atoms. The highest BCUT2D eigenvalue weighted by Crippen LogP contribution is 2.04. The average Bonchev–Trinajstić information content (AvgIpc) is 1.80. The Morgan fingerprint density at radius 3 is 2.27 bits per heavy atom. The van der Waals surface area contributed by atoms with Crippen LogP contribution in [0.5, 0.6) is 0 Å². The molecule has 0 saturated heterocycles. The molecule has 0 aromatic carbocycles. The number of hydrogen-bond acceptors (Lipinski definition) is 4. The van der Waals surface area contributed by atoms with Crippen LogP contribution in [0.25, 0.3) is 0 Å². The van der Waals surface area contributed by atoms with Gasteiger partial charge in [0.25, 0.3) is 0 Å². The zero-order valence-corrected chi connectivity index (χ0v) is 7.63. The summed E-state index contributed by atoms with van der Waals surface area (Å²) in [6.45, 7) is 5.48. The van der Waals surface area contributed by atoms with Crippen LogP contribution in [0.4, 0.5) is 0 Å². The Bertz CT molecular complexity index is 109. The minimum absolute atomic E-state index is 0.459. The van der Waals surface area contributed by atoms with E-state index in [1.54, 1.807) is 32.7 Å². The first-order chi connectivity index (χ1) is 4.84. The molecule has 0 aliphatic heterocycles. The van der Waals surface area contributed by atoms with Crippen LogP contribution in [0, 0.1) is 0 Å². The van der Waals surface area contributed by atoms with E-state index in [4.69, 9.17) is 5.11 Å². The Morgan fingerprint density at radius 1 is 1.55 bits per heavy atom.